The van der Waals surface area contributed by atoms with E-state index in [0.29, 0.717) is 28.9 Å². The number of amides is 1. The van der Waals surface area contributed by atoms with Gasteiger partial charge in [0, 0.05) is 43.2 Å². The quantitative estimate of drug-likeness (QED) is 0.269. The molecule has 8 unspecified atom stereocenters. The number of Topliss-reactive ketones (excluding diaryl/α,β-unsaturated/α-hetero) is 2. The maximum Gasteiger partial charge on any atom is 0.230 e. The van der Waals surface area contributed by atoms with Crippen molar-refractivity contribution in [3.8, 4) is 5.75 Å². The monoisotopic (exact) mass is 530 g/mol. The van der Waals surface area contributed by atoms with Crippen LogP contribution in [-0.2, 0) is 32.0 Å². The minimum Gasteiger partial charge on any atom is -0.505 e. The highest BCUT2D eigenvalue weighted by molar-refractivity contribution is 6.07. The molecule has 38 heavy (non-hydrogen) atoms. The number of aliphatic hydroxyl groups is 1. The van der Waals surface area contributed by atoms with Crippen molar-refractivity contribution < 1.29 is 33.7 Å². The van der Waals surface area contributed by atoms with Gasteiger partial charge in [-0.05, 0) is 63.7 Å². The minimum atomic E-state index is -1.91. The van der Waals surface area contributed by atoms with Gasteiger partial charge in [0.05, 0.1) is 11.2 Å². The van der Waals surface area contributed by atoms with Gasteiger partial charge in [-0.3, -0.25) is 19.3 Å². The lowest BCUT2D eigenvalue weighted by atomic mass is 9.50. The number of aromatic hydroxyl groups is 1. The molecule has 1 amide bonds. The van der Waals surface area contributed by atoms with E-state index in [-0.39, 0.29) is 55.1 Å². The highest BCUT2D eigenvalue weighted by Crippen LogP contribution is 2.57. The van der Waals surface area contributed by atoms with Crippen molar-refractivity contribution >= 4 is 23.2 Å². The van der Waals surface area contributed by atoms with E-state index in [1.54, 1.807) is 7.05 Å². The number of carbonyl (C=O) groups excluding carboxylic acids is 3. The Morgan fingerprint density at radius 3 is 2.66 bits per heavy atom. The van der Waals surface area contributed by atoms with Crippen LogP contribution in [0.25, 0.3) is 0 Å². The smallest absolute Gasteiger partial charge is 0.230 e. The molecule has 2 heterocycles. The number of benzene rings is 1. The van der Waals surface area contributed by atoms with Crippen LogP contribution in [0.1, 0.15) is 42.0 Å². The number of phenols is 1. The molecule has 10 nitrogen and oxygen atoms in total. The van der Waals surface area contributed by atoms with Crippen molar-refractivity contribution in [2.45, 2.75) is 55.4 Å². The summed E-state index contributed by atoms with van der Waals surface area (Å²) in [5, 5.41) is 29.1. The number of primary amides is 1. The van der Waals surface area contributed by atoms with E-state index >= 15 is 4.39 Å². The van der Waals surface area contributed by atoms with E-state index < -0.39 is 46.6 Å². The molecule has 0 spiro atoms. The fourth-order valence-corrected chi connectivity index (χ4v) is 8.63. The Kier molecular flexibility index (Phi) is 5.71. The van der Waals surface area contributed by atoms with Crippen LogP contribution in [0.4, 0.5) is 10.1 Å². The average molecular weight is 531 g/mol. The van der Waals surface area contributed by atoms with Gasteiger partial charge in [0.1, 0.15) is 29.4 Å². The second-order valence-corrected chi connectivity index (χ2v) is 11.8. The van der Waals surface area contributed by atoms with Crippen molar-refractivity contribution in [2.24, 2.45) is 29.4 Å². The Balaban J connectivity index is 1.47. The number of ketones is 2. The first-order valence-electron chi connectivity index (χ1n) is 13.3. The molecule has 5 aliphatic rings. The molecule has 8 atom stereocenters. The fraction of sp³-hybridized carbons (Fsp3) is 0.667. The Bertz CT molecular complexity index is 1260. The van der Waals surface area contributed by atoms with Crippen molar-refractivity contribution in [3.05, 3.63) is 22.5 Å². The van der Waals surface area contributed by atoms with Gasteiger partial charge in [-0.1, -0.05) is 0 Å². The van der Waals surface area contributed by atoms with E-state index in [4.69, 9.17) is 10.5 Å². The maximum atomic E-state index is 16.4. The second kappa shape index (κ2) is 8.45. The summed E-state index contributed by atoms with van der Waals surface area (Å²) in [6.45, 7) is 1.48. The van der Waals surface area contributed by atoms with Crippen LogP contribution in [-0.4, -0.2) is 84.1 Å². The second-order valence-electron chi connectivity index (χ2n) is 11.8. The molecule has 2 aliphatic heterocycles. The summed E-state index contributed by atoms with van der Waals surface area (Å²) in [7, 11) is 4.84. The van der Waals surface area contributed by atoms with E-state index in [1.807, 2.05) is 7.05 Å². The lowest BCUT2D eigenvalue weighted by Crippen LogP contribution is -2.81. The number of fused-ring (bicyclic) bond motifs is 6. The fourth-order valence-electron chi connectivity index (χ4n) is 8.63. The largest absolute Gasteiger partial charge is 0.505 e. The Labute approximate surface area is 220 Å². The van der Waals surface area contributed by atoms with Gasteiger partial charge in [0.15, 0.2) is 11.4 Å². The van der Waals surface area contributed by atoms with Crippen molar-refractivity contribution in [3.63, 3.8) is 0 Å². The summed E-state index contributed by atoms with van der Waals surface area (Å²) in [6.07, 6.45) is -0.571. The lowest BCUT2D eigenvalue weighted by Gasteiger charge is -2.60. The molecule has 3 fully saturated rings. The number of likely N-dealkylation sites (tertiary alicyclic amines) is 1. The van der Waals surface area contributed by atoms with Crippen LogP contribution in [0, 0.1) is 29.5 Å². The molecule has 1 aromatic carbocycles. The van der Waals surface area contributed by atoms with Crippen molar-refractivity contribution in [2.75, 3.05) is 39.6 Å². The van der Waals surface area contributed by atoms with E-state index in [9.17, 15) is 24.6 Å². The summed E-state index contributed by atoms with van der Waals surface area (Å²) in [5.74, 6) is -4.83. The van der Waals surface area contributed by atoms with Gasteiger partial charge in [-0.2, -0.15) is 0 Å². The first-order valence-corrected chi connectivity index (χ1v) is 13.3. The third kappa shape index (κ3) is 2.98. The predicted octanol–water partition coefficient (Wildman–Crippen LogP) is 0.0320. The highest BCUT2D eigenvalue weighted by atomic mass is 19.1. The summed E-state index contributed by atoms with van der Waals surface area (Å²) in [6, 6.07) is -0.130. The van der Waals surface area contributed by atoms with E-state index in [1.165, 1.54) is 7.11 Å². The van der Waals surface area contributed by atoms with Crippen LogP contribution in [0.3, 0.4) is 0 Å². The minimum absolute atomic E-state index is 0.0345. The van der Waals surface area contributed by atoms with Crippen molar-refractivity contribution in [1.29, 1.82) is 0 Å². The van der Waals surface area contributed by atoms with Gasteiger partial charge in [0.25, 0.3) is 0 Å². The predicted molar refractivity (Wildman–Crippen MR) is 134 cm³/mol. The summed E-state index contributed by atoms with van der Waals surface area (Å²) < 4.78 is 22.1. The number of likely N-dealkylation sites (N-methyl/N-ethyl adjacent to an activating group) is 1. The van der Waals surface area contributed by atoms with E-state index in [0.717, 1.165) is 13.0 Å². The number of anilines is 1. The van der Waals surface area contributed by atoms with Gasteiger partial charge < -0.3 is 31.3 Å². The topological polar surface area (TPSA) is 154 Å². The Morgan fingerprint density at radius 1 is 1.26 bits per heavy atom. The summed E-state index contributed by atoms with van der Waals surface area (Å²) in [4.78, 5) is 41.6. The third-order valence-corrected chi connectivity index (χ3v) is 10.4. The molecular weight excluding hydrogens is 495 g/mol. The molecular formula is C27H35FN4O6. The lowest BCUT2D eigenvalue weighted by molar-refractivity contribution is -0.214. The Morgan fingerprint density at radius 2 is 2.00 bits per heavy atom. The zero-order chi connectivity index (χ0) is 27.3. The molecule has 206 valence electrons. The normalized spacial score (nSPS) is 39.9. The van der Waals surface area contributed by atoms with Crippen LogP contribution >= 0.6 is 0 Å². The summed E-state index contributed by atoms with van der Waals surface area (Å²) >= 11 is 0. The molecule has 1 aromatic rings. The van der Waals surface area contributed by atoms with Crippen LogP contribution in [0.5, 0.6) is 5.75 Å². The zero-order valence-corrected chi connectivity index (χ0v) is 21.8. The Hall–Kier alpha value is -2.60. The molecule has 6 N–H and O–H groups in total. The number of nitrogens with zero attached hydrogens (tertiary/aromatic N) is 1. The van der Waals surface area contributed by atoms with Crippen LogP contribution in [0.2, 0.25) is 0 Å². The molecule has 1 saturated heterocycles. The molecule has 6 rings (SSSR count). The number of carbonyl (C=O) groups is 3. The maximum absolute atomic E-state index is 16.4. The SMILES string of the molecule is CNC12CC(=O)C(C(N)=O)C(O)C1(OC)C(=O)C1Cc3c(O)c4c(c(F)c3CC1C2)C1C(CCN1C)CN4. The number of nitrogens with one attached hydrogen (secondary N) is 2. The first kappa shape index (κ1) is 25.7. The number of hydrogen-bond acceptors (Lipinski definition) is 9. The molecule has 3 aliphatic carbocycles. The first-order chi connectivity index (χ1) is 18.0. The van der Waals surface area contributed by atoms with E-state index in [2.05, 4.69) is 15.5 Å². The number of methoxy groups -OCH3 is 1. The number of rotatable bonds is 3. The van der Waals surface area contributed by atoms with Crippen molar-refractivity contribution in [1.82, 2.24) is 10.2 Å². The van der Waals surface area contributed by atoms with Gasteiger partial charge >= 0.3 is 0 Å². The average Bonchev–Trinajstić information content (AvgIpc) is 3.26. The van der Waals surface area contributed by atoms with Gasteiger partial charge in [-0.15, -0.1) is 0 Å². The number of hydrogen-bond donors (Lipinski definition) is 5. The highest BCUT2D eigenvalue weighted by Gasteiger charge is 2.72. The molecule has 0 radical (unpaired) electrons. The molecule has 11 heteroatoms. The third-order valence-electron chi connectivity index (χ3n) is 10.4. The summed E-state index contributed by atoms with van der Waals surface area (Å²) in [5.41, 5.74) is 3.93. The number of phenolic OH excluding ortho intramolecular Hbond substituents is 1. The number of nitrogens with two attached hydrogens (primary N) is 1. The molecule has 2 saturated carbocycles. The number of ether oxygens (including phenoxy) is 1. The number of halogens is 1. The van der Waals surface area contributed by atoms with Gasteiger partial charge in [0.2, 0.25) is 5.91 Å². The standard InChI is InChI=1S/C27H35FN4O6/c1-30-26-8-12-6-14-15(22(34)20-18(19(14)28)21-11(10-31-20)4-5-32(21)2)7-13(12)23(35)27(26,38-3)24(36)17(25(29)37)16(33)9-26/h11-13,17,21,24,30-31,34,36H,4-10H2,1-3H3,(H2,29,37). The van der Waals surface area contributed by atoms with Crippen LogP contribution < -0.4 is 16.4 Å². The number of aliphatic hydroxyl groups excluding tert-OH is 1. The van der Waals surface area contributed by atoms with Crippen LogP contribution in [0.15, 0.2) is 0 Å². The molecule has 0 bridgehead atoms. The van der Waals surface area contributed by atoms with Gasteiger partial charge in [-0.25, -0.2) is 4.39 Å². The zero-order valence-electron chi connectivity index (χ0n) is 21.8. The molecule has 0 aromatic heterocycles.